The molecule has 0 fully saturated rings. The van der Waals surface area contributed by atoms with E-state index >= 15 is 0 Å². The second kappa shape index (κ2) is 11.1. The molecule has 2 amide bonds. The molecule has 3 aromatic rings. The van der Waals surface area contributed by atoms with E-state index in [2.05, 4.69) is 15.6 Å². The molecule has 1 heterocycles. The Morgan fingerprint density at radius 3 is 2.22 bits per heavy atom. The number of carboxylic acid groups (broad SMARTS) is 2. The Labute approximate surface area is 208 Å². The molecule has 0 aliphatic heterocycles. The van der Waals surface area contributed by atoms with Crippen LogP contribution in [0.1, 0.15) is 56.1 Å². The number of hydrogen-bond acceptors (Lipinski definition) is 4. The van der Waals surface area contributed by atoms with Gasteiger partial charge in [0.15, 0.2) is 0 Å². The zero-order chi connectivity index (χ0) is 26.5. The second-order valence-corrected chi connectivity index (χ2v) is 9.30. The molecular weight excluding hydrogens is 462 g/mol. The molecule has 0 saturated heterocycles. The number of benzene rings is 2. The summed E-state index contributed by atoms with van der Waals surface area (Å²) in [7, 11) is 0. The lowest BCUT2D eigenvalue weighted by atomic mass is 9.77. The van der Waals surface area contributed by atoms with E-state index in [1.807, 2.05) is 38.1 Å². The van der Waals surface area contributed by atoms with Gasteiger partial charge < -0.3 is 25.8 Å². The van der Waals surface area contributed by atoms with Gasteiger partial charge in [0.2, 0.25) is 11.8 Å². The molecule has 190 valence electrons. The van der Waals surface area contributed by atoms with Crippen molar-refractivity contribution in [2.45, 2.75) is 51.5 Å². The van der Waals surface area contributed by atoms with Crippen molar-refractivity contribution in [1.29, 1.82) is 0 Å². The molecule has 3 rings (SSSR count). The molecular formula is C27H31N3O6. The minimum absolute atomic E-state index is 0.0546. The number of carbonyl (C=O) groups excluding carboxylic acids is 2. The Morgan fingerprint density at radius 1 is 1.00 bits per heavy atom. The number of carbonyl (C=O) groups is 4. The summed E-state index contributed by atoms with van der Waals surface area (Å²) in [5.74, 6) is -3.18. The lowest BCUT2D eigenvalue weighted by molar-refractivity contribution is -0.143. The summed E-state index contributed by atoms with van der Waals surface area (Å²) in [4.78, 5) is 53.0. The van der Waals surface area contributed by atoms with Crippen molar-refractivity contribution in [3.05, 3.63) is 65.9 Å². The van der Waals surface area contributed by atoms with E-state index in [9.17, 15) is 24.3 Å². The number of aliphatic carboxylic acids is 1. The lowest BCUT2D eigenvalue weighted by Gasteiger charge is -2.31. The number of amides is 2. The van der Waals surface area contributed by atoms with E-state index in [1.54, 1.807) is 13.0 Å². The van der Waals surface area contributed by atoms with Gasteiger partial charge in [-0.3, -0.25) is 14.4 Å². The first kappa shape index (κ1) is 26.5. The Hall–Kier alpha value is -4.14. The topological polar surface area (TPSA) is 149 Å². The van der Waals surface area contributed by atoms with Gasteiger partial charge >= 0.3 is 11.9 Å². The van der Waals surface area contributed by atoms with Gasteiger partial charge in [-0.25, -0.2) is 4.79 Å². The van der Waals surface area contributed by atoms with Gasteiger partial charge in [-0.2, -0.15) is 0 Å². The van der Waals surface area contributed by atoms with E-state index in [0.717, 1.165) is 10.9 Å². The smallest absolute Gasteiger partial charge is 0.335 e. The van der Waals surface area contributed by atoms with Crippen molar-refractivity contribution in [2.24, 2.45) is 5.92 Å². The van der Waals surface area contributed by atoms with Crippen LogP contribution in [0.4, 0.5) is 5.69 Å². The number of anilines is 1. The van der Waals surface area contributed by atoms with Crippen LogP contribution in [-0.4, -0.2) is 45.0 Å². The van der Waals surface area contributed by atoms with Crippen LogP contribution in [0.25, 0.3) is 10.9 Å². The quantitative estimate of drug-likeness (QED) is 0.271. The number of fused-ring (bicyclic) bond motifs is 1. The second-order valence-electron chi connectivity index (χ2n) is 9.30. The average Bonchev–Trinajstić information content (AvgIpc) is 3.26. The van der Waals surface area contributed by atoms with Gasteiger partial charge in [0.05, 0.1) is 17.4 Å². The van der Waals surface area contributed by atoms with Crippen LogP contribution in [0, 0.1) is 5.92 Å². The molecule has 1 aromatic heterocycles. The minimum atomic E-state index is -1.41. The fraction of sp³-hybridized carbons (Fsp3) is 0.333. The highest BCUT2D eigenvalue weighted by Crippen LogP contribution is 2.34. The third-order valence-electron chi connectivity index (χ3n) is 6.27. The summed E-state index contributed by atoms with van der Waals surface area (Å²) in [5, 5.41) is 25.1. The summed E-state index contributed by atoms with van der Waals surface area (Å²) in [6, 6.07) is 14.0. The van der Waals surface area contributed by atoms with E-state index in [0.29, 0.717) is 17.8 Å². The Kier molecular flexibility index (Phi) is 8.14. The molecule has 9 nitrogen and oxygen atoms in total. The first-order chi connectivity index (χ1) is 17.1. The number of rotatable bonds is 11. The van der Waals surface area contributed by atoms with Crippen molar-refractivity contribution in [1.82, 2.24) is 10.3 Å². The third kappa shape index (κ3) is 5.91. The average molecular weight is 494 g/mol. The molecule has 0 saturated carbocycles. The van der Waals surface area contributed by atoms with Gasteiger partial charge in [0.1, 0.15) is 6.04 Å². The maximum absolute atomic E-state index is 13.7. The summed E-state index contributed by atoms with van der Waals surface area (Å²) in [6.07, 6.45) is 0.0732. The van der Waals surface area contributed by atoms with Crippen molar-refractivity contribution >= 4 is 40.3 Å². The SMILES string of the molecule is CCC(CC(=O)O)(C(=O)NC(CC(C)C)C(=O)Nc1ccc(C(=O)O)cc1)c1cc2ccccc2[nH]1. The molecule has 0 aliphatic carbocycles. The third-order valence-corrected chi connectivity index (χ3v) is 6.27. The van der Waals surface area contributed by atoms with E-state index < -0.39 is 41.6 Å². The first-order valence-corrected chi connectivity index (χ1v) is 11.8. The summed E-state index contributed by atoms with van der Waals surface area (Å²) < 4.78 is 0. The lowest BCUT2D eigenvalue weighted by Crippen LogP contribution is -2.53. The number of nitrogens with one attached hydrogen (secondary N) is 3. The van der Waals surface area contributed by atoms with Gasteiger partial charge in [0, 0.05) is 16.9 Å². The number of H-pyrrole nitrogens is 1. The largest absolute Gasteiger partial charge is 0.481 e. The fourth-order valence-electron chi connectivity index (χ4n) is 4.29. The maximum atomic E-state index is 13.7. The highest BCUT2D eigenvalue weighted by atomic mass is 16.4. The van der Waals surface area contributed by atoms with Crippen LogP contribution in [0.2, 0.25) is 0 Å². The molecule has 5 N–H and O–H groups in total. The van der Waals surface area contributed by atoms with Crippen molar-refractivity contribution in [2.75, 3.05) is 5.32 Å². The van der Waals surface area contributed by atoms with Crippen LogP contribution < -0.4 is 10.6 Å². The zero-order valence-corrected chi connectivity index (χ0v) is 20.5. The van der Waals surface area contributed by atoms with Crippen molar-refractivity contribution in [3.63, 3.8) is 0 Å². The van der Waals surface area contributed by atoms with Crippen LogP contribution >= 0.6 is 0 Å². The van der Waals surface area contributed by atoms with Crippen molar-refractivity contribution in [3.8, 4) is 0 Å². The predicted octanol–water partition coefficient (Wildman–Crippen LogP) is 4.16. The Morgan fingerprint density at radius 2 is 1.67 bits per heavy atom. The maximum Gasteiger partial charge on any atom is 0.335 e. The first-order valence-electron chi connectivity index (χ1n) is 11.8. The number of aromatic nitrogens is 1. The summed E-state index contributed by atoms with van der Waals surface area (Å²) in [6.45, 7) is 5.57. The predicted molar refractivity (Wildman–Crippen MR) is 136 cm³/mol. The van der Waals surface area contributed by atoms with E-state index in [4.69, 9.17) is 5.11 Å². The van der Waals surface area contributed by atoms with Crippen LogP contribution in [0.15, 0.2) is 54.6 Å². The number of aromatic amines is 1. The van der Waals surface area contributed by atoms with Crippen molar-refractivity contribution < 1.29 is 29.4 Å². The molecule has 2 atom stereocenters. The van der Waals surface area contributed by atoms with Gasteiger partial charge in [0.25, 0.3) is 0 Å². The summed E-state index contributed by atoms with van der Waals surface area (Å²) in [5.41, 5.74) is 0.309. The monoisotopic (exact) mass is 493 g/mol. The van der Waals surface area contributed by atoms with Crippen LogP contribution in [0.5, 0.6) is 0 Å². The number of aromatic carboxylic acids is 1. The van der Waals surface area contributed by atoms with E-state index in [1.165, 1.54) is 24.3 Å². The molecule has 2 aromatic carbocycles. The van der Waals surface area contributed by atoms with Gasteiger partial charge in [-0.05, 0) is 60.5 Å². The van der Waals surface area contributed by atoms with Crippen LogP contribution in [-0.2, 0) is 19.8 Å². The normalized spacial score (nSPS) is 13.7. The molecule has 0 radical (unpaired) electrons. The van der Waals surface area contributed by atoms with E-state index in [-0.39, 0.29) is 17.9 Å². The molecule has 36 heavy (non-hydrogen) atoms. The Balaban J connectivity index is 1.91. The Bertz CT molecular complexity index is 1230. The molecule has 0 bridgehead atoms. The standard InChI is InChI=1S/C27H31N3O6/c1-4-27(15-23(31)32,22-14-18-7-5-6-8-20(18)29-22)26(36)30-21(13-16(2)3)24(33)28-19-11-9-17(10-12-19)25(34)35/h5-12,14,16,21,29H,4,13,15H2,1-3H3,(H,28,33)(H,30,36)(H,31,32)(H,34,35). The highest BCUT2D eigenvalue weighted by molar-refractivity contribution is 6.00. The number of para-hydroxylation sites is 1. The number of carboxylic acids is 2. The molecule has 9 heteroatoms. The molecule has 2 unspecified atom stereocenters. The van der Waals surface area contributed by atoms with Gasteiger partial charge in [-0.15, -0.1) is 0 Å². The zero-order valence-electron chi connectivity index (χ0n) is 20.5. The minimum Gasteiger partial charge on any atom is -0.481 e. The van der Waals surface area contributed by atoms with Gasteiger partial charge in [-0.1, -0.05) is 39.0 Å². The highest BCUT2D eigenvalue weighted by Gasteiger charge is 2.43. The fourth-order valence-corrected chi connectivity index (χ4v) is 4.29. The summed E-state index contributed by atoms with van der Waals surface area (Å²) >= 11 is 0. The molecule has 0 aliphatic rings. The van der Waals surface area contributed by atoms with Crippen LogP contribution in [0.3, 0.4) is 0 Å². The number of hydrogen-bond donors (Lipinski definition) is 5. The molecule has 0 spiro atoms.